The van der Waals surface area contributed by atoms with Crippen LogP contribution in [0.15, 0.2) is 18.2 Å². The van der Waals surface area contributed by atoms with Crippen LogP contribution in [-0.2, 0) is 10.3 Å². The second-order valence-electron chi connectivity index (χ2n) is 6.37. The number of amides is 1. The molecule has 110 valence electrons. The highest BCUT2D eigenvalue weighted by Crippen LogP contribution is 2.40. The standard InChI is InChI=1S/C15H22N2O3/c1-14(2,3)20-13(19)17-11-9-10(5-6-12(11)18)15(16)7-4-8-15/h5-6,9,18H,4,7-8,16H2,1-3H3,(H,17,19). The van der Waals surface area contributed by atoms with E-state index in [-0.39, 0.29) is 11.3 Å². The zero-order valence-electron chi connectivity index (χ0n) is 12.2. The molecule has 0 aliphatic heterocycles. The molecule has 1 aromatic carbocycles. The largest absolute Gasteiger partial charge is 0.506 e. The summed E-state index contributed by atoms with van der Waals surface area (Å²) in [7, 11) is 0. The van der Waals surface area contributed by atoms with Crippen molar-refractivity contribution in [2.45, 2.75) is 51.2 Å². The number of rotatable bonds is 2. The number of nitrogens with one attached hydrogen (secondary N) is 1. The van der Waals surface area contributed by atoms with Gasteiger partial charge in [0.2, 0.25) is 0 Å². The van der Waals surface area contributed by atoms with Crippen LogP contribution in [0.4, 0.5) is 10.5 Å². The number of carbonyl (C=O) groups is 1. The van der Waals surface area contributed by atoms with Gasteiger partial charge in [0.25, 0.3) is 0 Å². The van der Waals surface area contributed by atoms with Crippen LogP contribution in [-0.4, -0.2) is 16.8 Å². The average molecular weight is 278 g/mol. The van der Waals surface area contributed by atoms with Gasteiger partial charge in [-0.05, 0) is 57.7 Å². The van der Waals surface area contributed by atoms with Crippen molar-refractivity contribution in [3.63, 3.8) is 0 Å². The first kappa shape index (κ1) is 14.7. The van der Waals surface area contributed by atoms with E-state index in [0.717, 1.165) is 24.8 Å². The third-order valence-corrected chi connectivity index (χ3v) is 3.45. The number of phenols is 1. The molecule has 0 heterocycles. The van der Waals surface area contributed by atoms with Gasteiger partial charge in [0.1, 0.15) is 11.4 Å². The van der Waals surface area contributed by atoms with Crippen LogP contribution in [0.5, 0.6) is 5.75 Å². The van der Waals surface area contributed by atoms with Gasteiger partial charge in [-0.3, -0.25) is 5.32 Å². The van der Waals surface area contributed by atoms with E-state index in [1.54, 1.807) is 39.0 Å². The van der Waals surface area contributed by atoms with Crippen LogP contribution < -0.4 is 11.1 Å². The number of hydrogen-bond acceptors (Lipinski definition) is 4. The monoisotopic (exact) mass is 278 g/mol. The van der Waals surface area contributed by atoms with Gasteiger partial charge in [-0.1, -0.05) is 6.07 Å². The molecule has 1 aromatic rings. The molecule has 0 bridgehead atoms. The number of hydrogen-bond donors (Lipinski definition) is 3. The van der Waals surface area contributed by atoms with Gasteiger partial charge in [0.05, 0.1) is 5.69 Å². The fourth-order valence-corrected chi connectivity index (χ4v) is 2.21. The van der Waals surface area contributed by atoms with E-state index in [4.69, 9.17) is 10.5 Å². The van der Waals surface area contributed by atoms with Crippen LogP contribution in [0.1, 0.15) is 45.6 Å². The summed E-state index contributed by atoms with van der Waals surface area (Å²) >= 11 is 0. The normalized spacial score (nSPS) is 17.2. The van der Waals surface area contributed by atoms with Crippen LogP contribution in [0, 0.1) is 0 Å². The van der Waals surface area contributed by atoms with Gasteiger partial charge in [0.15, 0.2) is 0 Å². The second-order valence-corrected chi connectivity index (χ2v) is 6.37. The Labute approximate surface area is 119 Å². The Morgan fingerprint density at radius 3 is 2.55 bits per heavy atom. The third-order valence-electron chi connectivity index (χ3n) is 3.45. The van der Waals surface area contributed by atoms with E-state index in [2.05, 4.69) is 5.32 Å². The quantitative estimate of drug-likeness (QED) is 0.726. The number of aromatic hydroxyl groups is 1. The van der Waals surface area contributed by atoms with Crippen molar-refractivity contribution in [3.8, 4) is 5.75 Å². The fourth-order valence-electron chi connectivity index (χ4n) is 2.21. The summed E-state index contributed by atoms with van der Waals surface area (Å²) in [4.78, 5) is 11.7. The first-order valence-corrected chi connectivity index (χ1v) is 6.82. The lowest BCUT2D eigenvalue weighted by atomic mass is 9.73. The van der Waals surface area contributed by atoms with E-state index in [1.807, 2.05) is 0 Å². The lowest BCUT2D eigenvalue weighted by Crippen LogP contribution is -2.43. The van der Waals surface area contributed by atoms with Gasteiger partial charge in [-0.2, -0.15) is 0 Å². The first-order chi connectivity index (χ1) is 9.20. The molecule has 5 nitrogen and oxygen atoms in total. The molecular formula is C15H22N2O3. The number of nitrogens with two attached hydrogens (primary N) is 1. The molecule has 20 heavy (non-hydrogen) atoms. The van der Waals surface area contributed by atoms with Crippen molar-refractivity contribution in [2.24, 2.45) is 5.73 Å². The summed E-state index contributed by atoms with van der Waals surface area (Å²) in [6.07, 6.45) is 2.35. The summed E-state index contributed by atoms with van der Waals surface area (Å²) in [5.41, 5.74) is 6.58. The SMILES string of the molecule is CC(C)(C)OC(=O)Nc1cc(C2(N)CCC2)ccc1O. The van der Waals surface area contributed by atoms with E-state index in [0.29, 0.717) is 5.69 Å². The molecule has 1 aliphatic rings. The van der Waals surface area contributed by atoms with Crippen molar-refractivity contribution in [3.05, 3.63) is 23.8 Å². The molecule has 0 atom stereocenters. The van der Waals surface area contributed by atoms with Crippen LogP contribution >= 0.6 is 0 Å². The second kappa shape index (κ2) is 4.98. The number of anilines is 1. The number of phenolic OH excluding ortho intramolecular Hbond substituents is 1. The van der Waals surface area contributed by atoms with E-state index in [1.165, 1.54) is 0 Å². The maximum Gasteiger partial charge on any atom is 0.412 e. The van der Waals surface area contributed by atoms with E-state index >= 15 is 0 Å². The molecule has 5 heteroatoms. The molecule has 0 radical (unpaired) electrons. The lowest BCUT2D eigenvalue weighted by molar-refractivity contribution is 0.0635. The maximum absolute atomic E-state index is 11.7. The maximum atomic E-state index is 11.7. The number of ether oxygens (including phenoxy) is 1. The Morgan fingerprint density at radius 2 is 2.05 bits per heavy atom. The van der Waals surface area contributed by atoms with Gasteiger partial charge in [0, 0.05) is 5.54 Å². The molecule has 1 fully saturated rings. The Kier molecular flexibility index (Phi) is 3.65. The minimum atomic E-state index is -0.593. The van der Waals surface area contributed by atoms with Crippen molar-refractivity contribution in [2.75, 3.05) is 5.32 Å². The molecule has 4 N–H and O–H groups in total. The van der Waals surface area contributed by atoms with Gasteiger partial charge in [-0.15, -0.1) is 0 Å². The van der Waals surface area contributed by atoms with Crippen molar-refractivity contribution >= 4 is 11.8 Å². The van der Waals surface area contributed by atoms with Crippen LogP contribution in [0.25, 0.3) is 0 Å². The van der Waals surface area contributed by atoms with Crippen molar-refractivity contribution < 1.29 is 14.6 Å². The zero-order chi connectivity index (χ0) is 15.0. The predicted molar refractivity (Wildman–Crippen MR) is 77.7 cm³/mol. The summed E-state index contributed by atoms with van der Waals surface area (Å²) in [5, 5.41) is 12.4. The molecule has 1 amide bonds. The van der Waals surface area contributed by atoms with E-state index in [9.17, 15) is 9.90 Å². The van der Waals surface area contributed by atoms with E-state index < -0.39 is 11.7 Å². The fraction of sp³-hybridized carbons (Fsp3) is 0.533. The Morgan fingerprint density at radius 1 is 1.40 bits per heavy atom. The minimum absolute atomic E-state index is 0.00235. The molecule has 0 unspecified atom stereocenters. The zero-order valence-corrected chi connectivity index (χ0v) is 12.2. The number of benzene rings is 1. The Bertz CT molecular complexity index is 516. The van der Waals surface area contributed by atoms with Gasteiger partial charge < -0.3 is 15.6 Å². The molecule has 0 aromatic heterocycles. The summed E-state index contributed by atoms with van der Waals surface area (Å²) < 4.78 is 5.17. The molecular weight excluding hydrogens is 256 g/mol. The molecule has 0 saturated heterocycles. The van der Waals surface area contributed by atoms with Crippen molar-refractivity contribution in [1.82, 2.24) is 0 Å². The summed E-state index contributed by atoms with van der Waals surface area (Å²) in [6.45, 7) is 5.35. The van der Waals surface area contributed by atoms with Gasteiger partial charge in [-0.25, -0.2) is 4.79 Å². The topological polar surface area (TPSA) is 84.6 Å². The molecule has 1 saturated carbocycles. The first-order valence-electron chi connectivity index (χ1n) is 6.82. The highest BCUT2D eigenvalue weighted by molar-refractivity contribution is 5.87. The van der Waals surface area contributed by atoms with Gasteiger partial charge >= 0.3 is 6.09 Å². The molecule has 1 aliphatic carbocycles. The highest BCUT2D eigenvalue weighted by Gasteiger charge is 2.34. The smallest absolute Gasteiger partial charge is 0.412 e. The Balaban J connectivity index is 2.15. The van der Waals surface area contributed by atoms with Crippen molar-refractivity contribution in [1.29, 1.82) is 0 Å². The lowest BCUT2D eigenvalue weighted by Gasteiger charge is -2.38. The number of carbonyl (C=O) groups excluding carboxylic acids is 1. The average Bonchev–Trinajstić information content (AvgIpc) is 2.26. The third kappa shape index (κ3) is 3.22. The Hall–Kier alpha value is -1.75. The van der Waals surface area contributed by atoms with Crippen LogP contribution in [0.2, 0.25) is 0 Å². The molecule has 0 spiro atoms. The highest BCUT2D eigenvalue weighted by atomic mass is 16.6. The van der Waals surface area contributed by atoms with Crippen LogP contribution in [0.3, 0.4) is 0 Å². The predicted octanol–water partition coefficient (Wildman–Crippen LogP) is 3.08. The summed E-state index contributed by atoms with van der Waals surface area (Å²) in [5.74, 6) is 0.00235. The minimum Gasteiger partial charge on any atom is -0.506 e. The summed E-state index contributed by atoms with van der Waals surface area (Å²) in [6, 6.07) is 5.07. The molecule has 2 rings (SSSR count).